The molecule has 0 heterocycles. The first-order valence-corrected chi connectivity index (χ1v) is 11.0. The van der Waals surface area contributed by atoms with Crippen LogP contribution in [-0.2, 0) is 26.3 Å². The first kappa shape index (κ1) is 26.1. The van der Waals surface area contributed by atoms with E-state index in [1.54, 1.807) is 12.1 Å². The maximum Gasteiger partial charge on any atom is 0.407 e. The topological polar surface area (TPSA) is 156 Å². The van der Waals surface area contributed by atoms with E-state index in [1.807, 2.05) is 37.3 Å². The van der Waals surface area contributed by atoms with Crippen LogP contribution in [0.3, 0.4) is 0 Å². The second-order valence-corrected chi connectivity index (χ2v) is 8.14. The van der Waals surface area contributed by atoms with Crippen molar-refractivity contribution in [1.82, 2.24) is 5.32 Å². The number of carbonyl (C=O) groups excluding carboxylic acids is 1. The Hall–Kier alpha value is -2.95. The highest BCUT2D eigenvalue weighted by molar-refractivity contribution is 7.85. The van der Waals surface area contributed by atoms with Crippen LogP contribution >= 0.6 is 0 Å². The molecule has 31 heavy (non-hydrogen) atoms. The molecule has 0 spiro atoms. The summed E-state index contributed by atoms with van der Waals surface area (Å²) in [5.41, 5.74) is 7.24. The van der Waals surface area contributed by atoms with Gasteiger partial charge in [-0.25, -0.2) is 4.79 Å². The number of unbranched alkanes of at least 4 members (excludes halogenated alkanes) is 1. The zero-order chi connectivity index (χ0) is 23.3. The Balaban J connectivity index is 0.000000367. The largest absolute Gasteiger partial charge is 0.480 e. The highest BCUT2D eigenvalue weighted by atomic mass is 32.2. The second-order valence-electron chi connectivity index (χ2n) is 6.72. The third kappa shape index (κ3) is 11.7. The van der Waals surface area contributed by atoms with Gasteiger partial charge in [-0.15, -0.1) is 0 Å². The Bertz CT molecular complexity index is 917. The second kappa shape index (κ2) is 13.4. The molecule has 2 aromatic rings. The van der Waals surface area contributed by atoms with E-state index in [2.05, 4.69) is 5.32 Å². The van der Waals surface area contributed by atoms with Crippen molar-refractivity contribution in [2.24, 2.45) is 5.73 Å². The SMILES string of the molecule is Cc1ccc(S(=O)(=O)O)cc1.N[C@@H](CCCCNC(=O)OCc1ccccc1)C(=O)O. The van der Waals surface area contributed by atoms with Crippen molar-refractivity contribution in [1.29, 1.82) is 0 Å². The number of nitrogens with one attached hydrogen (secondary N) is 1. The van der Waals surface area contributed by atoms with E-state index < -0.39 is 28.2 Å². The van der Waals surface area contributed by atoms with Crippen LogP contribution < -0.4 is 11.1 Å². The summed E-state index contributed by atoms with van der Waals surface area (Å²) in [5.74, 6) is -1.000. The van der Waals surface area contributed by atoms with Gasteiger partial charge in [-0.3, -0.25) is 9.35 Å². The molecule has 1 amide bonds. The van der Waals surface area contributed by atoms with Crippen LogP contribution in [0.5, 0.6) is 0 Å². The fourth-order valence-electron chi connectivity index (χ4n) is 2.29. The number of hydrogen-bond donors (Lipinski definition) is 4. The average Bonchev–Trinajstić information content (AvgIpc) is 2.72. The maximum atomic E-state index is 11.4. The number of hydrogen-bond acceptors (Lipinski definition) is 6. The molecule has 0 aromatic heterocycles. The summed E-state index contributed by atoms with van der Waals surface area (Å²) in [6, 6.07) is 14.6. The molecular formula is C21H28N2O7S. The summed E-state index contributed by atoms with van der Waals surface area (Å²) >= 11 is 0. The summed E-state index contributed by atoms with van der Waals surface area (Å²) in [7, 11) is -4.02. The number of carboxylic acid groups (broad SMARTS) is 1. The van der Waals surface area contributed by atoms with Crippen molar-refractivity contribution in [2.45, 2.75) is 43.7 Å². The number of carbonyl (C=O) groups is 2. The lowest BCUT2D eigenvalue weighted by molar-refractivity contribution is -0.138. The van der Waals surface area contributed by atoms with Gasteiger partial charge in [0, 0.05) is 6.54 Å². The van der Waals surface area contributed by atoms with Crippen molar-refractivity contribution >= 4 is 22.2 Å². The number of alkyl carbamates (subject to hydrolysis) is 1. The monoisotopic (exact) mass is 452 g/mol. The van der Waals surface area contributed by atoms with Crippen molar-refractivity contribution < 1.29 is 32.4 Å². The first-order valence-electron chi connectivity index (χ1n) is 9.56. The minimum Gasteiger partial charge on any atom is -0.480 e. The third-order valence-corrected chi connectivity index (χ3v) is 4.93. The number of rotatable bonds is 9. The molecule has 0 saturated carbocycles. The van der Waals surface area contributed by atoms with E-state index in [1.165, 1.54) is 12.1 Å². The van der Waals surface area contributed by atoms with Crippen LogP contribution in [0.15, 0.2) is 59.5 Å². The normalized spacial score (nSPS) is 11.6. The molecule has 10 heteroatoms. The van der Waals surface area contributed by atoms with Crippen LogP contribution in [0.1, 0.15) is 30.4 Å². The lowest BCUT2D eigenvalue weighted by Gasteiger charge is -2.08. The lowest BCUT2D eigenvalue weighted by Crippen LogP contribution is -2.30. The summed E-state index contributed by atoms with van der Waals surface area (Å²) < 4.78 is 34.6. The molecular weight excluding hydrogens is 424 g/mol. The van der Waals surface area contributed by atoms with Gasteiger partial charge in [-0.2, -0.15) is 8.42 Å². The van der Waals surface area contributed by atoms with Crippen molar-refractivity contribution in [3.8, 4) is 0 Å². The van der Waals surface area contributed by atoms with Gasteiger partial charge in [0.25, 0.3) is 10.1 Å². The molecule has 0 aliphatic heterocycles. The molecule has 1 atom stereocenters. The highest BCUT2D eigenvalue weighted by Crippen LogP contribution is 2.08. The first-order chi connectivity index (χ1) is 14.6. The number of aliphatic carboxylic acids is 1. The molecule has 0 bridgehead atoms. The molecule has 0 aliphatic rings. The molecule has 0 aliphatic carbocycles. The Kier molecular flexibility index (Phi) is 11.3. The molecule has 170 valence electrons. The third-order valence-electron chi connectivity index (χ3n) is 4.06. The van der Waals surface area contributed by atoms with Gasteiger partial charge in [0.1, 0.15) is 12.6 Å². The van der Waals surface area contributed by atoms with Crippen molar-refractivity contribution in [3.63, 3.8) is 0 Å². The smallest absolute Gasteiger partial charge is 0.407 e. The van der Waals surface area contributed by atoms with Gasteiger partial charge in [0.2, 0.25) is 0 Å². The van der Waals surface area contributed by atoms with E-state index in [0.717, 1.165) is 11.1 Å². The minimum absolute atomic E-state index is 0.0666. The van der Waals surface area contributed by atoms with E-state index >= 15 is 0 Å². The van der Waals surface area contributed by atoms with Crippen molar-refractivity contribution in [3.05, 3.63) is 65.7 Å². The molecule has 5 N–H and O–H groups in total. The fourth-order valence-corrected chi connectivity index (χ4v) is 2.77. The number of benzene rings is 2. The summed E-state index contributed by atoms with van der Waals surface area (Å²) in [6.07, 6.45) is 1.24. The predicted molar refractivity (Wildman–Crippen MR) is 115 cm³/mol. The number of carboxylic acids is 1. The van der Waals surface area contributed by atoms with Crippen LogP contribution in [0, 0.1) is 6.92 Å². The quantitative estimate of drug-likeness (QED) is 0.334. The van der Waals surface area contributed by atoms with E-state index in [9.17, 15) is 18.0 Å². The minimum atomic E-state index is -4.02. The van der Waals surface area contributed by atoms with Crippen molar-refractivity contribution in [2.75, 3.05) is 6.54 Å². The molecule has 2 aromatic carbocycles. The van der Waals surface area contributed by atoms with Gasteiger partial charge in [-0.1, -0.05) is 48.0 Å². The van der Waals surface area contributed by atoms with E-state index in [4.69, 9.17) is 20.1 Å². The van der Waals surface area contributed by atoms with Crippen LogP contribution in [0.25, 0.3) is 0 Å². The van der Waals surface area contributed by atoms with E-state index in [-0.39, 0.29) is 11.5 Å². The van der Waals surface area contributed by atoms with Crippen LogP contribution in [0.4, 0.5) is 4.79 Å². The zero-order valence-electron chi connectivity index (χ0n) is 17.2. The van der Waals surface area contributed by atoms with Gasteiger partial charge in [0.15, 0.2) is 0 Å². The highest BCUT2D eigenvalue weighted by Gasteiger charge is 2.10. The fraction of sp³-hybridized carbons (Fsp3) is 0.333. The summed E-state index contributed by atoms with van der Waals surface area (Å²) in [5, 5.41) is 11.2. The van der Waals surface area contributed by atoms with Crippen LogP contribution in [0.2, 0.25) is 0 Å². The Morgan fingerprint density at radius 2 is 1.68 bits per heavy atom. The number of amides is 1. The molecule has 0 saturated heterocycles. The van der Waals surface area contributed by atoms with Crippen LogP contribution in [-0.4, -0.2) is 42.7 Å². The summed E-state index contributed by atoms with van der Waals surface area (Å²) in [6.45, 7) is 2.52. The Morgan fingerprint density at radius 1 is 1.06 bits per heavy atom. The maximum absolute atomic E-state index is 11.4. The lowest BCUT2D eigenvalue weighted by atomic mass is 10.1. The molecule has 0 radical (unpaired) electrons. The van der Waals surface area contributed by atoms with Gasteiger partial charge in [-0.05, 0) is 43.9 Å². The Morgan fingerprint density at radius 3 is 2.23 bits per heavy atom. The standard InChI is InChI=1S/C14H20N2O4.C7H8O3S/c15-12(13(17)18)8-4-5-9-16-14(19)20-10-11-6-2-1-3-7-11;1-6-2-4-7(5-3-6)11(8,9)10/h1-3,6-7,12H,4-5,8-10,15H2,(H,16,19)(H,17,18);2-5H,1H3,(H,8,9,10)/t12-;/m0./s1. The molecule has 2 rings (SSSR count). The summed E-state index contributed by atoms with van der Waals surface area (Å²) in [4.78, 5) is 21.8. The Labute approximate surface area is 182 Å². The zero-order valence-corrected chi connectivity index (χ0v) is 18.0. The average molecular weight is 453 g/mol. The predicted octanol–water partition coefficient (Wildman–Crippen LogP) is 2.74. The van der Waals surface area contributed by atoms with Gasteiger partial charge < -0.3 is 20.9 Å². The van der Waals surface area contributed by atoms with E-state index in [0.29, 0.717) is 25.8 Å². The van der Waals surface area contributed by atoms with Gasteiger partial charge in [0.05, 0.1) is 4.90 Å². The number of aryl methyl sites for hydroxylation is 1. The number of nitrogens with two attached hydrogens (primary N) is 1. The van der Waals surface area contributed by atoms with Gasteiger partial charge >= 0.3 is 12.1 Å². The number of ether oxygens (including phenoxy) is 1. The molecule has 0 fully saturated rings. The molecule has 0 unspecified atom stereocenters. The molecule has 9 nitrogen and oxygen atoms in total.